The largest absolute Gasteiger partial charge is 1.00 e. The maximum absolute atomic E-state index is 3.28. The van der Waals surface area contributed by atoms with E-state index in [9.17, 15) is 0 Å². The summed E-state index contributed by atoms with van der Waals surface area (Å²) in [4.78, 5) is 0. The predicted octanol–water partition coefficient (Wildman–Crippen LogP) is 0.832. The highest BCUT2D eigenvalue weighted by Crippen LogP contribution is 2.03. The lowest BCUT2D eigenvalue weighted by Crippen LogP contribution is -3.00. The fraction of sp³-hybridized carbons (Fsp3) is 0.200. The van der Waals surface area contributed by atoms with E-state index < -0.39 is 0 Å². The van der Waals surface area contributed by atoms with E-state index in [1.165, 1.54) is 5.56 Å². The average Bonchev–Trinajstić information content (AvgIpc) is 2.49. The van der Waals surface area contributed by atoms with E-state index in [4.69, 9.17) is 0 Å². The van der Waals surface area contributed by atoms with Crippen LogP contribution in [0.25, 0.3) is 6.08 Å². The Labute approximate surface area is 144 Å². The van der Waals surface area contributed by atoms with E-state index in [-0.39, 0.29) is 17.0 Å². The zero-order chi connectivity index (χ0) is 15.0. The Morgan fingerprint density at radius 2 is 1.50 bits per heavy atom. The maximum Gasteiger partial charge on any atom is 0.141 e. The van der Waals surface area contributed by atoms with Gasteiger partial charge in [-0.1, -0.05) is 60.5 Å². The highest BCUT2D eigenvalue weighted by molar-refractivity contribution is 5.48. The maximum atomic E-state index is 3.28. The van der Waals surface area contributed by atoms with Crippen molar-refractivity contribution in [1.29, 1.82) is 0 Å². The summed E-state index contributed by atoms with van der Waals surface area (Å²) in [5, 5.41) is 0. The fourth-order valence-corrected chi connectivity index (χ4v) is 1.98. The minimum atomic E-state index is 0. The molecule has 2 aromatic rings. The van der Waals surface area contributed by atoms with Gasteiger partial charge in [-0.05, 0) is 29.7 Å². The van der Waals surface area contributed by atoms with Gasteiger partial charge in [-0.2, -0.15) is 0 Å². The first-order chi connectivity index (χ1) is 10.2. The molecule has 0 N–H and O–H groups in total. The molecule has 0 bridgehead atoms. The zero-order valence-electron chi connectivity index (χ0n) is 13.2. The number of likely N-dealkylation sites (N-methyl/N-ethyl adjacent to an activating group) is 1. The molecular weight excluding hydrogens is 334 g/mol. The van der Waals surface area contributed by atoms with E-state index in [2.05, 4.69) is 62.4 Å². The number of hydrogen-bond donors (Lipinski definition) is 0. The van der Waals surface area contributed by atoms with Crippen molar-refractivity contribution in [2.45, 2.75) is 0 Å². The molecular formula is C20H22BrN. The highest BCUT2D eigenvalue weighted by atomic mass is 79.9. The Morgan fingerprint density at radius 3 is 2.14 bits per heavy atom. The van der Waals surface area contributed by atoms with Crippen LogP contribution in [0.1, 0.15) is 11.1 Å². The molecule has 0 heterocycles. The second-order valence-electron chi connectivity index (χ2n) is 5.76. The van der Waals surface area contributed by atoms with Crippen molar-refractivity contribution in [2.75, 3.05) is 27.2 Å². The molecule has 0 unspecified atom stereocenters. The predicted molar refractivity (Wildman–Crippen MR) is 90.6 cm³/mol. The van der Waals surface area contributed by atoms with Gasteiger partial charge < -0.3 is 21.5 Å². The summed E-state index contributed by atoms with van der Waals surface area (Å²) < 4.78 is 0.864. The average molecular weight is 356 g/mol. The lowest BCUT2D eigenvalue weighted by atomic mass is 10.2. The van der Waals surface area contributed by atoms with Crippen molar-refractivity contribution in [2.24, 2.45) is 0 Å². The molecule has 0 aromatic heterocycles. The number of quaternary nitrogens is 1. The molecule has 0 aliphatic carbocycles. The van der Waals surface area contributed by atoms with Crippen LogP contribution in [-0.2, 0) is 0 Å². The van der Waals surface area contributed by atoms with Crippen LogP contribution in [0.5, 0.6) is 0 Å². The Balaban J connectivity index is 0.00000242. The highest BCUT2D eigenvalue weighted by Gasteiger charge is 2.09. The van der Waals surface area contributed by atoms with Gasteiger partial charge in [0.25, 0.3) is 0 Å². The molecule has 0 saturated heterocycles. The van der Waals surface area contributed by atoms with Gasteiger partial charge in [-0.25, -0.2) is 0 Å². The summed E-state index contributed by atoms with van der Waals surface area (Å²) >= 11 is 0. The minimum absolute atomic E-state index is 0. The first kappa shape index (κ1) is 18.2. The zero-order valence-corrected chi connectivity index (χ0v) is 14.8. The summed E-state index contributed by atoms with van der Waals surface area (Å²) in [7, 11) is 4.41. The summed E-state index contributed by atoms with van der Waals surface area (Å²) in [5.74, 6) is 6.50. The monoisotopic (exact) mass is 355 g/mol. The Bertz CT molecular complexity index is 634. The fourth-order valence-electron chi connectivity index (χ4n) is 1.98. The van der Waals surface area contributed by atoms with Gasteiger partial charge in [0.1, 0.15) is 6.54 Å². The van der Waals surface area contributed by atoms with Gasteiger partial charge >= 0.3 is 0 Å². The molecule has 1 nitrogen and oxygen atoms in total. The third-order valence-electron chi connectivity index (χ3n) is 3.22. The molecule has 0 fully saturated rings. The van der Waals surface area contributed by atoms with Crippen molar-refractivity contribution in [3.05, 3.63) is 77.9 Å². The van der Waals surface area contributed by atoms with Crippen LogP contribution in [0.15, 0.2) is 66.7 Å². The second kappa shape index (κ2) is 9.25. The van der Waals surface area contributed by atoms with E-state index in [1.807, 2.05) is 36.4 Å². The number of nitrogens with zero attached hydrogens (tertiary/aromatic N) is 1. The molecule has 0 spiro atoms. The quantitative estimate of drug-likeness (QED) is 0.563. The molecule has 0 aliphatic rings. The molecule has 2 aromatic carbocycles. The normalized spacial score (nSPS) is 10.6. The summed E-state index contributed by atoms with van der Waals surface area (Å²) in [6, 6.07) is 20.5. The molecule has 0 radical (unpaired) electrons. The first-order valence-corrected chi connectivity index (χ1v) is 7.23. The smallest absolute Gasteiger partial charge is 0.141 e. The van der Waals surface area contributed by atoms with Crippen LogP contribution in [0.4, 0.5) is 0 Å². The lowest BCUT2D eigenvalue weighted by Gasteiger charge is -2.25. The Hall–Kier alpha value is -1.82. The minimum Gasteiger partial charge on any atom is -1.00 e. The summed E-state index contributed by atoms with van der Waals surface area (Å²) in [6.07, 6.45) is 4.39. The van der Waals surface area contributed by atoms with Crippen molar-refractivity contribution in [3.63, 3.8) is 0 Å². The van der Waals surface area contributed by atoms with E-state index in [1.54, 1.807) is 0 Å². The number of hydrogen-bond acceptors (Lipinski definition) is 0. The van der Waals surface area contributed by atoms with Crippen molar-refractivity contribution >= 4 is 6.08 Å². The Kier molecular flexibility index (Phi) is 7.66. The lowest BCUT2D eigenvalue weighted by molar-refractivity contribution is -0.877. The Morgan fingerprint density at radius 1 is 0.909 bits per heavy atom. The number of halogens is 1. The van der Waals surface area contributed by atoms with Crippen LogP contribution >= 0.6 is 0 Å². The van der Waals surface area contributed by atoms with Crippen LogP contribution in [0.3, 0.4) is 0 Å². The molecule has 0 saturated carbocycles. The first-order valence-electron chi connectivity index (χ1n) is 7.23. The molecule has 0 aliphatic heterocycles. The SMILES string of the molecule is C[N+](C)(CC#Cc1ccccc1)C/C=C\c1ccccc1.[Br-]. The third kappa shape index (κ3) is 6.76. The summed E-state index contributed by atoms with van der Waals surface area (Å²) in [5.41, 5.74) is 2.32. The molecule has 2 rings (SSSR count). The van der Waals surface area contributed by atoms with Crippen LogP contribution in [0, 0.1) is 11.8 Å². The van der Waals surface area contributed by atoms with Gasteiger partial charge in [0.05, 0.1) is 20.6 Å². The molecule has 0 atom stereocenters. The molecule has 22 heavy (non-hydrogen) atoms. The van der Waals surface area contributed by atoms with Crippen LogP contribution in [0.2, 0.25) is 0 Å². The second-order valence-corrected chi connectivity index (χ2v) is 5.76. The van der Waals surface area contributed by atoms with Crippen molar-refractivity contribution in [3.8, 4) is 11.8 Å². The van der Waals surface area contributed by atoms with Gasteiger partial charge in [-0.3, -0.25) is 0 Å². The van der Waals surface area contributed by atoms with Crippen molar-refractivity contribution < 1.29 is 21.5 Å². The molecule has 2 heteroatoms. The third-order valence-corrected chi connectivity index (χ3v) is 3.22. The van der Waals surface area contributed by atoms with Gasteiger partial charge in [0, 0.05) is 5.56 Å². The number of rotatable bonds is 4. The van der Waals surface area contributed by atoms with Crippen LogP contribution < -0.4 is 17.0 Å². The van der Waals surface area contributed by atoms with Gasteiger partial charge in [0.15, 0.2) is 0 Å². The number of benzene rings is 2. The molecule has 114 valence electrons. The standard InChI is InChI=1S/C20H22N.BrH/c1-21(2,17-9-15-19-11-5-3-6-12-19)18-10-16-20-13-7-4-8-14-20;/h3-9,11-15H,17-18H2,1-2H3;1H/q+1;/p-1/b15-9-;. The topological polar surface area (TPSA) is 0 Å². The molecule has 0 amide bonds. The van der Waals surface area contributed by atoms with Gasteiger partial charge in [0.2, 0.25) is 0 Å². The van der Waals surface area contributed by atoms with E-state index in [0.29, 0.717) is 0 Å². The summed E-state index contributed by atoms with van der Waals surface area (Å²) in [6.45, 7) is 1.81. The van der Waals surface area contributed by atoms with Crippen molar-refractivity contribution in [1.82, 2.24) is 0 Å². The van der Waals surface area contributed by atoms with E-state index in [0.717, 1.165) is 23.1 Å². The van der Waals surface area contributed by atoms with Gasteiger partial charge in [-0.15, -0.1) is 0 Å². The van der Waals surface area contributed by atoms with Crippen LogP contribution in [-0.4, -0.2) is 31.7 Å². The van der Waals surface area contributed by atoms with E-state index >= 15 is 0 Å².